The van der Waals surface area contributed by atoms with Crippen molar-refractivity contribution in [2.24, 2.45) is 0 Å². The molecule has 0 aliphatic rings. The number of hydrogen-bond donors (Lipinski definition) is 0. The predicted molar refractivity (Wildman–Crippen MR) is 33.9 cm³/mol. The van der Waals surface area contributed by atoms with Crippen LogP contribution < -0.4 is 0 Å². The Morgan fingerprint density at radius 1 is 1.50 bits per heavy atom. The van der Waals surface area contributed by atoms with Gasteiger partial charge in [-0.3, -0.25) is 4.79 Å². The second-order valence-electron chi connectivity index (χ2n) is 1.67. The third kappa shape index (κ3) is 2.67. The highest BCUT2D eigenvalue weighted by Crippen LogP contribution is 1.96. The number of carbonyl (C=O) groups is 1. The molecule has 0 rings (SSSR count). The molecular weight excluding hydrogens is 103 g/mol. The maximum Gasteiger partial charge on any atom is 0.360 e. The highest BCUT2D eigenvalue weighted by Gasteiger charge is 2.08. The van der Waals surface area contributed by atoms with Crippen molar-refractivity contribution < 1.29 is 9.45 Å². The largest absolute Gasteiger partial charge is 0.538 e. The Morgan fingerprint density at radius 2 is 2.00 bits per heavy atom. The molecule has 0 aromatic rings. The molecule has 0 bridgehead atoms. The van der Waals surface area contributed by atoms with Crippen LogP contribution in [-0.4, -0.2) is 13.4 Å². The van der Waals surface area contributed by atoms with Crippen LogP contribution in [0.1, 0.15) is 13.8 Å². The highest BCUT2D eigenvalue weighted by atomic mass is 16.5. The van der Waals surface area contributed by atoms with E-state index in [2.05, 4.69) is 4.65 Å². The summed E-state index contributed by atoms with van der Waals surface area (Å²) in [6, 6.07) is 0. The first-order valence-corrected chi connectivity index (χ1v) is 2.94. The van der Waals surface area contributed by atoms with Crippen LogP contribution in [-0.2, 0) is 9.45 Å². The highest BCUT2D eigenvalue weighted by molar-refractivity contribution is 6.52. The summed E-state index contributed by atoms with van der Waals surface area (Å²) in [5.74, 6) is 0. The molecule has 0 aromatic heterocycles. The number of hydrogen-bond acceptors (Lipinski definition) is 2. The molecular formula is C5H11BO2. The van der Waals surface area contributed by atoms with E-state index in [-0.39, 0.29) is 6.92 Å². The first-order chi connectivity index (χ1) is 3.85. The first-order valence-electron chi connectivity index (χ1n) is 2.94. The zero-order chi connectivity index (χ0) is 6.41. The van der Waals surface area contributed by atoms with Crippen LogP contribution in [0.4, 0.5) is 0 Å². The monoisotopic (exact) mass is 114 g/mol. The molecule has 2 nitrogen and oxygen atoms in total. The summed E-state index contributed by atoms with van der Waals surface area (Å²) in [4.78, 5) is 9.71. The Labute approximate surface area is 50.3 Å². The topological polar surface area (TPSA) is 26.3 Å². The van der Waals surface area contributed by atoms with Crippen LogP contribution in [0, 0.1) is 0 Å². The normalized spacial score (nSPS) is 8.25. The summed E-state index contributed by atoms with van der Waals surface area (Å²) in [7, 11) is 0. The quantitative estimate of drug-likeness (QED) is 0.405. The van der Waals surface area contributed by atoms with Crippen molar-refractivity contribution in [3.63, 3.8) is 0 Å². The minimum Gasteiger partial charge on any atom is -0.538 e. The molecule has 0 fully saturated rings. The van der Waals surface area contributed by atoms with Crippen LogP contribution in [0.25, 0.3) is 0 Å². The van der Waals surface area contributed by atoms with Gasteiger partial charge in [-0.2, -0.15) is 0 Å². The summed E-state index contributed by atoms with van der Waals surface area (Å²) < 4.78 is 4.66. The molecule has 0 spiro atoms. The first kappa shape index (κ1) is 7.53. The van der Waals surface area contributed by atoms with Gasteiger partial charge in [0.2, 0.25) is 0 Å². The lowest BCUT2D eigenvalue weighted by atomic mass is 9.63. The average Bonchev–Trinajstić information content (AvgIpc) is 1.83. The molecule has 0 unspecified atom stereocenters. The Morgan fingerprint density at radius 3 is 2.12 bits per heavy atom. The van der Waals surface area contributed by atoms with Gasteiger partial charge in [0.15, 0.2) is 0 Å². The Balaban J connectivity index is 3.20. The van der Waals surface area contributed by atoms with Crippen LogP contribution in [0.2, 0.25) is 12.6 Å². The van der Waals surface area contributed by atoms with Crippen molar-refractivity contribution in [2.75, 3.05) is 0 Å². The van der Waals surface area contributed by atoms with E-state index >= 15 is 0 Å². The Hall–Kier alpha value is -0.465. The fourth-order valence-electron chi connectivity index (χ4n) is 0.560. The van der Waals surface area contributed by atoms with Gasteiger partial charge in [0.1, 0.15) is 0 Å². The zero-order valence-electron chi connectivity index (χ0n) is 5.39. The fraction of sp³-hybridized carbons (Fsp3) is 0.800. The Bertz CT molecular complexity index is 61.4. The van der Waals surface area contributed by atoms with Gasteiger partial charge in [-0.1, -0.05) is 13.8 Å². The van der Waals surface area contributed by atoms with E-state index in [1.165, 1.54) is 0 Å². The molecule has 3 heteroatoms. The minimum absolute atomic E-state index is 0.132. The summed E-state index contributed by atoms with van der Waals surface area (Å²) >= 11 is 0. The van der Waals surface area contributed by atoms with Gasteiger partial charge >= 0.3 is 6.92 Å². The zero-order valence-corrected chi connectivity index (χ0v) is 5.39. The molecule has 0 saturated carbocycles. The molecule has 46 valence electrons. The van der Waals surface area contributed by atoms with Crippen LogP contribution >= 0.6 is 0 Å². The molecule has 0 radical (unpaired) electrons. The van der Waals surface area contributed by atoms with E-state index in [1.54, 1.807) is 0 Å². The van der Waals surface area contributed by atoms with Gasteiger partial charge < -0.3 is 4.65 Å². The second kappa shape index (κ2) is 4.69. The van der Waals surface area contributed by atoms with Gasteiger partial charge in [0, 0.05) is 0 Å². The van der Waals surface area contributed by atoms with Crippen LogP contribution in [0.5, 0.6) is 0 Å². The Kier molecular flexibility index (Phi) is 4.42. The smallest absolute Gasteiger partial charge is 0.360 e. The lowest BCUT2D eigenvalue weighted by Gasteiger charge is -2.02. The standard InChI is InChI=1S/C5H11BO2/c1-3-6(4-2)8-5-7/h5H,3-4H2,1-2H3. The van der Waals surface area contributed by atoms with E-state index in [4.69, 9.17) is 0 Å². The maximum absolute atomic E-state index is 9.71. The lowest BCUT2D eigenvalue weighted by molar-refractivity contribution is -0.121. The molecule has 0 aromatic carbocycles. The summed E-state index contributed by atoms with van der Waals surface area (Å²) in [6.07, 6.45) is 1.82. The van der Waals surface area contributed by atoms with Crippen molar-refractivity contribution >= 4 is 13.4 Å². The maximum atomic E-state index is 9.71. The fourth-order valence-corrected chi connectivity index (χ4v) is 0.560. The van der Waals surface area contributed by atoms with Gasteiger partial charge in [-0.15, -0.1) is 0 Å². The molecule has 0 aliphatic carbocycles. The lowest BCUT2D eigenvalue weighted by Crippen LogP contribution is -2.13. The van der Waals surface area contributed by atoms with Crippen LogP contribution in [0.15, 0.2) is 0 Å². The van der Waals surface area contributed by atoms with Gasteiger partial charge in [-0.25, -0.2) is 0 Å². The van der Waals surface area contributed by atoms with Gasteiger partial charge in [0.05, 0.1) is 0 Å². The van der Waals surface area contributed by atoms with E-state index in [9.17, 15) is 4.79 Å². The number of rotatable bonds is 4. The molecule has 8 heavy (non-hydrogen) atoms. The molecule has 0 aliphatic heterocycles. The van der Waals surface area contributed by atoms with Crippen LogP contribution in [0.3, 0.4) is 0 Å². The van der Waals surface area contributed by atoms with Gasteiger partial charge in [-0.05, 0) is 12.6 Å². The van der Waals surface area contributed by atoms with E-state index in [0.29, 0.717) is 6.47 Å². The summed E-state index contributed by atoms with van der Waals surface area (Å²) in [5.41, 5.74) is 0. The molecule has 0 amide bonds. The average molecular weight is 114 g/mol. The third-order valence-electron chi connectivity index (χ3n) is 1.16. The van der Waals surface area contributed by atoms with Gasteiger partial charge in [0.25, 0.3) is 6.47 Å². The second-order valence-corrected chi connectivity index (χ2v) is 1.67. The SMILES string of the molecule is CCB(CC)OC=O. The summed E-state index contributed by atoms with van der Waals surface area (Å²) in [6.45, 7) is 4.64. The van der Waals surface area contributed by atoms with E-state index in [0.717, 1.165) is 12.6 Å². The van der Waals surface area contributed by atoms with Crippen molar-refractivity contribution in [1.29, 1.82) is 0 Å². The third-order valence-corrected chi connectivity index (χ3v) is 1.16. The number of carbonyl (C=O) groups excluding carboxylic acids is 1. The van der Waals surface area contributed by atoms with E-state index in [1.807, 2.05) is 13.8 Å². The molecule has 0 atom stereocenters. The predicted octanol–water partition coefficient (Wildman–Crippen LogP) is 1.19. The van der Waals surface area contributed by atoms with Crippen molar-refractivity contribution in [1.82, 2.24) is 0 Å². The molecule has 0 saturated heterocycles. The van der Waals surface area contributed by atoms with Crippen molar-refractivity contribution in [3.05, 3.63) is 0 Å². The molecule has 0 N–H and O–H groups in total. The molecule has 0 heterocycles. The summed E-state index contributed by atoms with van der Waals surface area (Å²) in [5, 5.41) is 0. The van der Waals surface area contributed by atoms with E-state index < -0.39 is 0 Å². The minimum atomic E-state index is 0.132. The van der Waals surface area contributed by atoms with Crippen molar-refractivity contribution in [3.8, 4) is 0 Å². The van der Waals surface area contributed by atoms with Crippen molar-refractivity contribution in [2.45, 2.75) is 26.5 Å².